The van der Waals surface area contributed by atoms with E-state index in [0.29, 0.717) is 24.1 Å². The van der Waals surface area contributed by atoms with E-state index in [0.717, 1.165) is 25.7 Å². The van der Waals surface area contributed by atoms with Crippen LogP contribution in [0.25, 0.3) is 10.9 Å². The van der Waals surface area contributed by atoms with Crippen molar-refractivity contribution in [3.05, 3.63) is 28.6 Å². The summed E-state index contributed by atoms with van der Waals surface area (Å²) in [7, 11) is 0. The first-order valence-corrected chi connectivity index (χ1v) is 9.81. The molecule has 0 atom stereocenters. The number of rotatable bonds is 11. The molecule has 0 spiro atoms. The fourth-order valence-electron chi connectivity index (χ4n) is 3.12. The lowest BCUT2D eigenvalue weighted by Crippen LogP contribution is -2.23. The Morgan fingerprint density at radius 3 is 2.38 bits per heavy atom. The predicted molar refractivity (Wildman–Crippen MR) is 105 cm³/mol. The van der Waals surface area contributed by atoms with Gasteiger partial charge in [0.05, 0.1) is 12.1 Å². The first-order valence-electron chi connectivity index (χ1n) is 9.81. The average Bonchev–Trinajstić information content (AvgIpc) is 2.63. The number of hydrogen-bond acceptors (Lipinski definition) is 4. The highest BCUT2D eigenvalue weighted by atomic mass is 16.5. The minimum absolute atomic E-state index is 0.0212. The molecule has 0 aliphatic rings. The summed E-state index contributed by atoms with van der Waals surface area (Å²) in [5.41, 5.74) is 0.202. The van der Waals surface area contributed by atoms with E-state index in [4.69, 9.17) is 4.74 Å². The van der Waals surface area contributed by atoms with Crippen molar-refractivity contribution in [2.45, 2.75) is 71.8 Å². The second kappa shape index (κ2) is 10.1. The highest BCUT2D eigenvalue weighted by molar-refractivity contribution is 5.88. The van der Waals surface area contributed by atoms with Crippen LogP contribution in [-0.4, -0.2) is 21.4 Å². The number of nitrogens with zero attached hydrogens (tertiary/aromatic N) is 1. The van der Waals surface area contributed by atoms with Gasteiger partial charge >= 0.3 is 0 Å². The molecule has 1 aromatic carbocycles. The number of phenolic OH excluding ortho intramolecular Hbond substituents is 1. The molecule has 0 saturated heterocycles. The molecule has 0 aliphatic carbocycles. The second-order valence-corrected chi connectivity index (χ2v) is 6.81. The number of benzene rings is 1. The van der Waals surface area contributed by atoms with Crippen LogP contribution in [0.5, 0.6) is 17.2 Å². The zero-order chi connectivity index (χ0) is 18.9. The molecule has 0 aliphatic heterocycles. The Kier molecular flexibility index (Phi) is 7.82. The number of fused-ring (bicyclic) bond motifs is 1. The van der Waals surface area contributed by atoms with Crippen LogP contribution in [-0.2, 0) is 6.54 Å². The number of unbranched alkanes of at least 4 members (excludes halogenated alkanes) is 6. The molecule has 5 heteroatoms. The summed E-state index contributed by atoms with van der Waals surface area (Å²) in [6.07, 6.45) is 8.58. The highest BCUT2D eigenvalue weighted by Crippen LogP contribution is 2.33. The molecular weight excluding hydrogens is 330 g/mol. The minimum atomic E-state index is -0.333. The maximum atomic E-state index is 12.8. The van der Waals surface area contributed by atoms with E-state index >= 15 is 0 Å². The van der Waals surface area contributed by atoms with Gasteiger partial charge in [-0.15, -0.1) is 0 Å². The minimum Gasteiger partial charge on any atom is -0.508 e. The number of aromatic nitrogens is 1. The summed E-state index contributed by atoms with van der Waals surface area (Å²) in [6.45, 7) is 5.20. The van der Waals surface area contributed by atoms with E-state index in [-0.39, 0.29) is 22.8 Å². The molecule has 144 valence electrons. The maximum Gasteiger partial charge on any atom is 0.297 e. The third-order valence-electron chi connectivity index (χ3n) is 4.66. The summed E-state index contributed by atoms with van der Waals surface area (Å²) >= 11 is 0. The molecule has 0 saturated carbocycles. The lowest BCUT2D eigenvalue weighted by molar-refractivity contribution is 0.283. The molecule has 2 N–H and O–H groups in total. The Labute approximate surface area is 155 Å². The zero-order valence-corrected chi connectivity index (χ0v) is 16.0. The van der Waals surface area contributed by atoms with Gasteiger partial charge in [-0.25, -0.2) is 0 Å². The molecule has 1 heterocycles. The summed E-state index contributed by atoms with van der Waals surface area (Å²) < 4.78 is 7.28. The van der Waals surface area contributed by atoms with E-state index in [2.05, 4.69) is 13.8 Å². The number of aromatic hydroxyl groups is 2. The number of ether oxygens (including phenoxy) is 1. The predicted octanol–water partition coefficient (Wildman–Crippen LogP) is 4.95. The van der Waals surface area contributed by atoms with Crippen LogP contribution in [0.3, 0.4) is 0 Å². The first-order chi connectivity index (χ1) is 12.6. The second-order valence-electron chi connectivity index (χ2n) is 6.81. The van der Waals surface area contributed by atoms with E-state index in [9.17, 15) is 15.0 Å². The van der Waals surface area contributed by atoms with Crippen LogP contribution in [0, 0.1) is 0 Å². The Hall–Kier alpha value is -2.17. The zero-order valence-electron chi connectivity index (χ0n) is 16.0. The summed E-state index contributed by atoms with van der Waals surface area (Å²) in [4.78, 5) is 12.8. The van der Waals surface area contributed by atoms with Crippen LogP contribution < -0.4 is 10.3 Å². The van der Waals surface area contributed by atoms with Gasteiger partial charge in [-0.1, -0.05) is 52.4 Å². The lowest BCUT2D eigenvalue weighted by atomic mass is 10.1. The van der Waals surface area contributed by atoms with Crippen LogP contribution in [0.15, 0.2) is 23.0 Å². The first kappa shape index (κ1) is 20.1. The van der Waals surface area contributed by atoms with Crippen molar-refractivity contribution >= 4 is 10.9 Å². The van der Waals surface area contributed by atoms with Gasteiger partial charge in [-0.3, -0.25) is 4.79 Å². The van der Waals surface area contributed by atoms with E-state index in [1.807, 2.05) is 0 Å². The molecule has 0 unspecified atom stereocenters. The van der Waals surface area contributed by atoms with Crippen molar-refractivity contribution < 1.29 is 14.9 Å². The van der Waals surface area contributed by atoms with Crippen LogP contribution in [0.1, 0.15) is 65.2 Å². The van der Waals surface area contributed by atoms with E-state index in [1.165, 1.54) is 37.8 Å². The van der Waals surface area contributed by atoms with Gasteiger partial charge in [0, 0.05) is 18.0 Å². The average molecular weight is 361 g/mol. The Bertz CT molecular complexity index is 767. The number of phenols is 1. The van der Waals surface area contributed by atoms with E-state index < -0.39 is 0 Å². The molecule has 0 amide bonds. The molecule has 0 fully saturated rings. The number of aryl methyl sites for hydroxylation is 1. The quantitative estimate of drug-likeness (QED) is 0.555. The summed E-state index contributed by atoms with van der Waals surface area (Å²) in [6, 6.07) is 4.65. The standard InChI is InChI=1S/C21H31NO4/c1-3-5-7-8-9-10-14-26-20-19(24)17-12-11-16(23)15-18(17)22(21(20)25)13-6-4-2/h11-12,15,23-24H,3-10,13-14H2,1-2H3. The van der Waals surface area contributed by atoms with E-state index in [1.54, 1.807) is 10.6 Å². The van der Waals surface area contributed by atoms with Gasteiger partial charge in [0.15, 0.2) is 5.75 Å². The van der Waals surface area contributed by atoms with Gasteiger partial charge in [-0.2, -0.15) is 0 Å². The van der Waals surface area contributed by atoms with Crippen LogP contribution in [0.4, 0.5) is 0 Å². The lowest BCUT2D eigenvalue weighted by Gasteiger charge is -2.15. The molecule has 0 bridgehead atoms. The van der Waals surface area contributed by atoms with Crippen LogP contribution in [0.2, 0.25) is 0 Å². The largest absolute Gasteiger partial charge is 0.508 e. The highest BCUT2D eigenvalue weighted by Gasteiger charge is 2.18. The fraction of sp³-hybridized carbons (Fsp3) is 0.571. The smallest absolute Gasteiger partial charge is 0.297 e. The van der Waals surface area contributed by atoms with Gasteiger partial charge in [0.1, 0.15) is 5.75 Å². The number of pyridine rings is 1. The van der Waals surface area contributed by atoms with Crippen molar-refractivity contribution in [3.63, 3.8) is 0 Å². The normalized spacial score (nSPS) is 11.2. The van der Waals surface area contributed by atoms with Crippen molar-refractivity contribution in [3.8, 4) is 17.2 Å². The van der Waals surface area contributed by atoms with Gasteiger partial charge in [0.2, 0.25) is 5.75 Å². The fourth-order valence-corrected chi connectivity index (χ4v) is 3.12. The SMILES string of the molecule is CCCCCCCCOc1c(O)c2ccc(O)cc2n(CCCC)c1=O. The third kappa shape index (κ3) is 4.93. The summed E-state index contributed by atoms with van der Waals surface area (Å²) in [5, 5.41) is 20.8. The maximum absolute atomic E-state index is 12.8. The molecule has 26 heavy (non-hydrogen) atoms. The monoisotopic (exact) mass is 361 g/mol. The van der Waals surface area contributed by atoms with Gasteiger partial charge in [0.25, 0.3) is 5.56 Å². The van der Waals surface area contributed by atoms with Crippen molar-refractivity contribution in [1.82, 2.24) is 4.57 Å². The molecule has 1 aromatic heterocycles. The molecule has 2 aromatic rings. The Balaban J connectivity index is 2.20. The van der Waals surface area contributed by atoms with Crippen molar-refractivity contribution in [2.24, 2.45) is 0 Å². The van der Waals surface area contributed by atoms with Crippen molar-refractivity contribution in [1.29, 1.82) is 0 Å². The van der Waals surface area contributed by atoms with Crippen LogP contribution >= 0.6 is 0 Å². The van der Waals surface area contributed by atoms with Crippen molar-refractivity contribution in [2.75, 3.05) is 6.61 Å². The summed E-state index contributed by atoms with van der Waals surface area (Å²) in [5.74, 6) is -0.0427. The molecule has 5 nitrogen and oxygen atoms in total. The Morgan fingerprint density at radius 2 is 1.65 bits per heavy atom. The van der Waals surface area contributed by atoms with Gasteiger partial charge in [-0.05, 0) is 25.0 Å². The van der Waals surface area contributed by atoms with Gasteiger partial charge < -0.3 is 19.5 Å². The Morgan fingerprint density at radius 1 is 0.962 bits per heavy atom. The molecular formula is C21H31NO4. The molecule has 0 radical (unpaired) electrons. The third-order valence-corrected chi connectivity index (χ3v) is 4.66. The molecule has 2 rings (SSSR count). The number of hydrogen-bond donors (Lipinski definition) is 2. The topological polar surface area (TPSA) is 71.7 Å².